The summed E-state index contributed by atoms with van der Waals surface area (Å²) >= 11 is 15.0. The predicted molar refractivity (Wildman–Crippen MR) is 234 cm³/mol. The Bertz CT molecular complexity index is 2370. The minimum absolute atomic E-state index is 0. The molecule has 0 aliphatic carbocycles. The SMILES string of the molecule is CCCCc1nc(-c2ccc(C(F)(F)F)cc2)sc1COc1ccc(C=O)c(Cl)c1.CCCCc1nc(-c2ccc(C(F)(F)F)cc2)sc1COc1ccc(COO)c(Cl)c1.[B].[H-].[Na+]. The zero-order chi connectivity index (χ0) is 44.2. The van der Waals surface area contributed by atoms with E-state index in [1.54, 1.807) is 36.4 Å². The molecule has 0 unspecified atom stereocenters. The van der Waals surface area contributed by atoms with Crippen molar-refractivity contribution >= 4 is 60.6 Å². The van der Waals surface area contributed by atoms with Crippen LogP contribution >= 0.6 is 45.9 Å². The topological polar surface area (TPSA) is 90.8 Å². The Kier molecular flexibility index (Phi) is 21.6. The molecule has 63 heavy (non-hydrogen) atoms. The smallest absolute Gasteiger partial charge is 1.00 e. The van der Waals surface area contributed by atoms with Crippen molar-refractivity contribution in [3.8, 4) is 32.6 Å². The molecule has 1 N–H and O–H groups in total. The van der Waals surface area contributed by atoms with Gasteiger partial charge in [-0.05, 0) is 85.8 Å². The molecule has 3 radical (unpaired) electrons. The first-order valence-corrected chi connectivity index (χ1v) is 21.4. The van der Waals surface area contributed by atoms with Gasteiger partial charge in [-0.25, -0.2) is 14.9 Å². The summed E-state index contributed by atoms with van der Waals surface area (Å²) in [5.74, 6) is 1.08. The second kappa shape index (κ2) is 25.3. The summed E-state index contributed by atoms with van der Waals surface area (Å²) in [4.78, 5) is 26.1. The van der Waals surface area contributed by atoms with Crippen LogP contribution in [0.4, 0.5) is 26.3 Å². The first kappa shape index (κ1) is 53.9. The third-order valence-electron chi connectivity index (χ3n) is 9.09. The van der Waals surface area contributed by atoms with Gasteiger partial charge >= 0.3 is 41.9 Å². The predicted octanol–water partition coefficient (Wildman–Crippen LogP) is 11.3. The fourth-order valence-electron chi connectivity index (χ4n) is 5.72. The third kappa shape index (κ3) is 15.6. The van der Waals surface area contributed by atoms with E-state index >= 15 is 0 Å². The van der Waals surface area contributed by atoms with E-state index in [1.165, 1.54) is 46.9 Å². The molecule has 0 aliphatic rings. The number of ether oxygens (including phenoxy) is 2. The average Bonchev–Trinajstić information content (AvgIpc) is 3.85. The van der Waals surface area contributed by atoms with E-state index in [0.717, 1.165) is 83.9 Å². The number of carbonyl (C=O) groups is 1. The van der Waals surface area contributed by atoms with E-state index in [2.05, 4.69) is 28.7 Å². The number of nitrogens with zero attached hydrogens (tertiary/aromatic N) is 2. The number of hydrogen-bond donors (Lipinski definition) is 1. The van der Waals surface area contributed by atoms with Crippen LogP contribution in [0.1, 0.15) is 89.1 Å². The Morgan fingerprint density at radius 3 is 1.46 bits per heavy atom. The first-order chi connectivity index (χ1) is 29.1. The van der Waals surface area contributed by atoms with Crippen LogP contribution in [-0.4, -0.2) is 29.9 Å². The number of halogens is 8. The molecule has 0 fully saturated rings. The number of hydrogen-bond acceptors (Lipinski definition) is 9. The second-order valence-corrected chi connectivity index (χ2v) is 16.5. The van der Waals surface area contributed by atoms with Crippen LogP contribution in [0.2, 0.25) is 10.0 Å². The molecule has 0 amide bonds. The zero-order valence-electron chi connectivity index (χ0n) is 35.4. The fraction of sp³-hybridized carbons (Fsp3) is 0.295. The summed E-state index contributed by atoms with van der Waals surface area (Å²) < 4.78 is 88.6. The Labute approximate surface area is 405 Å². The van der Waals surface area contributed by atoms with Gasteiger partial charge in [-0.2, -0.15) is 26.3 Å². The summed E-state index contributed by atoms with van der Waals surface area (Å²) in [6.45, 7) is 4.66. The van der Waals surface area contributed by atoms with Crippen molar-refractivity contribution in [1.82, 2.24) is 9.97 Å². The summed E-state index contributed by atoms with van der Waals surface area (Å²) in [5, 5.41) is 10.6. The summed E-state index contributed by atoms with van der Waals surface area (Å²) in [7, 11) is 0. The molecule has 19 heteroatoms. The van der Waals surface area contributed by atoms with Crippen LogP contribution < -0.4 is 39.0 Å². The Morgan fingerprint density at radius 1 is 0.667 bits per heavy atom. The number of aryl methyl sites for hydroxylation is 2. The molecule has 0 saturated heterocycles. The maximum absolute atomic E-state index is 12.8. The van der Waals surface area contributed by atoms with Crippen LogP contribution in [0.15, 0.2) is 84.9 Å². The molecular weight excluding hydrogens is 919 g/mol. The number of carbonyl (C=O) groups excluding carboxylic acids is 1. The monoisotopic (exact) mass is 959 g/mol. The molecule has 6 aromatic rings. The molecule has 0 bridgehead atoms. The van der Waals surface area contributed by atoms with Crippen molar-refractivity contribution in [1.29, 1.82) is 0 Å². The summed E-state index contributed by atoms with van der Waals surface area (Å²) in [5.41, 5.74) is 2.68. The molecular formula is C44H41BCl2F6N2NaO5S2. The molecule has 4 aromatic carbocycles. The van der Waals surface area contributed by atoms with Crippen molar-refractivity contribution in [2.24, 2.45) is 0 Å². The van der Waals surface area contributed by atoms with E-state index in [9.17, 15) is 31.1 Å². The van der Waals surface area contributed by atoms with Gasteiger partial charge in [0.1, 0.15) is 41.3 Å². The molecule has 7 nitrogen and oxygen atoms in total. The van der Waals surface area contributed by atoms with E-state index < -0.39 is 23.5 Å². The van der Waals surface area contributed by atoms with Gasteiger partial charge in [-0.3, -0.25) is 10.1 Å². The van der Waals surface area contributed by atoms with Gasteiger partial charge in [-0.15, -0.1) is 22.7 Å². The number of aromatic nitrogens is 2. The van der Waals surface area contributed by atoms with E-state index in [1.807, 2.05) is 0 Å². The fourth-order valence-corrected chi connectivity index (χ4v) is 8.21. The van der Waals surface area contributed by atoms with Crippen LogP contribution in [0.25, 0.3) is 21.1 Å². The maximum atomic E-state index is 12.8. The van der Waals surface area contributed by atoms with Gasteiger partial charge < -0.3 is 10.9 Å². The van der Waals surface area contributed by atoms with Crippen LogP contribution in [0.3, 0.4) is 0 Å². The molecule has 0 spiro atoms. The summed E-state index contributed by atoms with van der Waals surface area (Å²) in [6, 6.07) is 19.9. The molecule has 0 atom stereocenters. The first-order valence-electron chi connectivity index (χ1n) is 19.0. The van der Waals surface area contributed by atoms with Crippen LogP contribution in [-0.2, 0) is 49.9 Å². The largest absolute Gasteiger partial charge is 1.00 e. The Balaban J connectivity index is 0.000000421. The van der Waals surface area contributed by atoms with Gasteiger partial charge in [0.2, 0.25) is 0 Å². The van der Waals surface area contributed by atoms with E-state index in [0.29, 0.717) is 60.1 Å². The van der Waals surface area contributed by atoms with Crippen molar-refractivity contribution in [3.63, 3.8) is 0 Å². The number of alkyl halides is 6. The molecule has 2 aromatic heterocycles. The van der Waals surface area contributed by atoms with Gasteiger partial charge in [0, 0.05) is 30.1 Å². The Hall–Kier alpha value is -3.45. The molecule has 6 rings (SSSR count). The third-order valence-corrected chi connectivity index (χ3v) is 12.0. The number of benzene rings is 4. The number of aldehydes is 1. The zero-order valence-corrected chi connectivity index (χ0v) is 39.6. The van der Waals surface area contributed by atoms with Crippen molar-refractivity contribution in [2.75, 3.05) is 0 Å². The van der Waals surface area contributed by atoms with Gasteiger partial charge in [0.15, 0.2) is 6.29 Å². The second-order valence-electron chi connectivity index (χ2n) is 13.5. The average molecular weight is 961 g/mol. The van der Waals surface area contributed by atoms with Crippen molar-refractivity contribution in [3.05, 3.63) is 138 Å². The molecule has 0 aliphatic heterocycles. The van der Waals surface area contributed by atoms with Gasteiger partial charge in [0.25, 0.3) is 0 Å². The maximum Gasteiger partial charge on any atom is 1.00 e. The van der Waals surface area contributed by atoms with Gasteiger partial charge in [0.05, 0.1) is 37.3 Å². The van der Waals surface area contributed by atoms with Crippen molar-refractivity contribution < 1.29 is 81.7 Å². The molecule has 2 heterocycles. The standard InChI is InChI=1S/C22H21ClF3NO3S.C22H19ClF3NO2S.B.Na.H/c1-2-3-4-19-20(13-29-17-10-7-15(12-30-28)18(23)11-17)31-21(27-19)14-5-8-16(9-6-14)22(24,25)26;1-2-3-4-19-20(13-29-17-10-7-15(12-28)18(23)11-17)30-21(27-19)14-5-8-16(9-6-14)22(24,25)26;;;/h5-11,28H,2-4,12-13H2,1H3;5-12H,2-4,13H2,1H3;;;/q;;;+1;-1. The number of unbranched alkanes of at least 4 members (excludes halogenated alkanes) is 2. The quantitative estimate of drug-likeness (QED) is 0.0320. The molecule has 329 valence electrons. The number of thiazole rings is 2. The minimum atomic E-state index is -4.37. The van der Waals surface area contributed by atoms with E-state index in [-0.39, 0.29) is 59.2 Å². The minimum Gasteiger partial charge on any atom is -1.00 e. The van der Waals surface area contributed by atoms with Gasteiger partial charge in [-0.1, -0.05) is 80.2 Å². The number of rotatable bonds is 17. The van der Waals surface area contributed by atoms with Crippen LogP contribution in [0.5, 0.6) is 11.5 Å². The van der Waals surface area contributed by atoms with Crippen LogP contribution in [0, 0.1) is 0 Å². The Morgan fingerprint density at radius 2 is 1.10 bits per heavy atom. The molecule has 0 saturated carbocycles. The van der Waals surface area contributed by atoms with E-state index in [4.69, 9.17) is 37.9 Å². The van der Waals surface area contributed by atoms with Crippen molar-refractivity contribution in [2.45, 2.75) is 84.5 Å². The normalized spacial score (nSPS) is 11.2. The summed E-state index contributed by atoms with van der Waals surface area (Å²) in [6.07, 6.45) is -2.65.